The normalized spacial score (nSPS) is 12.9. The number of amides is 2. The number of sulfonamides is 1. The molecule has 0 radical (unpaired) electrons. The molecule has 3 rings (SSSR count). The lowest BCUT2D eigenvalue weighted by Crippen LogP contribution is -2.52. The number of rotatable bonds is 11. The molecule has 0 bridgehead atoms. The van der Waals surface area contributed by atoms with Gasteiger partial charge >= 0.3 is 0 Å². The van der Waals surface area contributed by atoms with Crippen LogP contribution in [-0.4, -0.2) is 43.8 Å². The van der Waals surface area contributed by atoms with E-state index in [0.29, 0.717) is 22.0 Å². The number of hydrogen-bond donors (Lipinski definition) is 1. The van der Waals surface area contributed by atoms with E-state index in [1.165, 1.54) is 23.1 Å². The van der Waals surface area contributed by atoms with Crippen LogP contribution in [-0.2, 0) is 26.2 Å². The van der Waals surface area contributed by atoms with E-state index in [-0.39, 0.29) is 28.2 Å². The van der Waals surface area contributed by atoms with Crippen molar-refractivity contribution in [3.8, 4) is 0 Å². The Hall–Kier alpha value is -2.78. The highest BCUT2D eigenvalue weighted by Gasteiger charge is 2.34. The first-order valence-electron chi connectivity index (χ1n) is 12.7. The predicted molar refractivity (Wildman–Crippen MR) is 162 cm³/mol. The number of aryl methyl sites for hydroxylation is 1. The average molecular weight is 625 g/mol. The van der Waals surface area contributed by atoms with Gasteiger partial charge in [0, 0.05) is 28.2 Å². The van der Waals surface area contributed by atoms with E-state index < -0.39 is 34.4 Å². The number of carbonyl (C=O) groups excluding carboxylic acids is 2. The molecular formula is C29H32Cl3N3O4S. The van der Waals surface area contributed by atoms with Crippen LogP contribution in [0.25, 0.3) is 0 Å². The number of benzene rings is 3. The molecule has 0 saturated heterocycles. The van der Waals surface area contributed by atoms with E-state index in [2.05, 4.69) is 5.32 Å². The molecule has 0 fully saturated rings. The van der Waals surface area contributed by atoms with E-state index in [1.807, 2.05) is 20.8 Å². The summed E-state index contributed by atoms with van der Waals surface area (Å²) in [5.41, 5.74) is 1.45. The van der Waals surface area contributed by atoms with Crippen LogP contribution < -0.4 is 9.62 Å². The fraction of sp³-hybridized carbons (Fsp3) is 0.310. The molecule has 11 heteroatoms. The average Bonchev–Trinajstić information content (AvgIpc) is 2.91. The number of para-hydroxylation sites is 1. The zero-order valence-electron chi connectivity index (χ0n) is 22.7. The SMILES string of the molecule is CC[C@H](C)NC(=O)[C@H](C)N(Cc1c(Cl)cccc1Cl)C(=O)CN(c1ccccc1Cl)S(=O)(=O)c1ccc(C)cc1. The Morgan fingerprint density at radius 1 is 0.875 bits per heavy atom. The fourth-order valence-corrected chi connectivity index (χ4v) is 6.14. The van der Waals surface area contributed by atoms with Gasteiger partial charge in [-0.05, 0) is 63.6 Å². The highest BCUT2D eigenvalue weighted by molar-refractivity contribution is 7.92. The molecule has 0 heterocycles. The molecular weight excluding hydrogens is 593 g/mol. The maximum absolute atomic E-state index is 14.0. The van der Waals surface area contributed by atoms with Gasteiger partial charge in [0.25, 0.3) is 10.0 Å². The molecule has 0 aliphatic rings. The summed E-state index contributed by atoms with van der Waals surface area (Å²) in [6.45, 7) is 6.47. The van der Waals surface area contributed by atoms with Gasteiger partial charge < -0.3 is 10.2 Å². The molecule has 2 atom stereocenters. The minimum Gasteiger partial charge on any atom is -0.352 e. The molecule has 0 spiro atoms. The Morgan fingerprint density at radius 3 is 2.02 bits per heavy atom. The van der Waals surface area contributed by atoms with Gasteiger partial charge in [-0.3, -0.25) is 13.9 Å². The first-order valence-corrected chi connectivity index (χ1v) is 15.3. The monoisotopic (exact) mass is 623 g/mol. The lowest BCUT2D eigenvalue weighted by Gasteiger charge is -2.33. The third kappa shape index (κ3) is 7.49. The van der Waals surface area contributed by atoms with Crippen molar-refractivity contribution in [3.63, 3.8) is 0 Å². The highest BCUT2D eigenvalue weighted by atomic mass is 35.5. The van der Waals surface area contributed by atoms with Gasteiger partial charge in [0.1, 0.15) is 12.6 Å². The Bertz CT molecular complexity index is 1450. The van der Waals surface area contributed by atoms with Gasteiger partial charge in [-0.25, -0.2) is 8.42 Å². The summed E-state index contributed by atoms with van der Waals surface area (Å²) < 4.78 is 28.7. The Labute approximate surface area is 251 Å². The van der Waals surface area contributed by atoms with E-state index in [9.17, 15) is 18.0 Å². The molecule has 0 aromatic heterocycles. The van der Waals surface area contributed by atoms with Crippen molar-refractivity contribution in [1.82, 2.24) is 10.2 Å². The van der Waals surface area contributed by atoms with Gasteiger partial charge in [-0.1, -0.05) is 77.6 Å². The molecule has 7 nitrogen and oxygen atoms in total. The zero-order chi connectivity index (χ0) is 29.6. The maximum atomic E-state index is 14.0. The van der Waals surface area contributed by atoms with Crippen LogP contribution in [0.15, 0.2) is 71.6 Å². The first kappa shape index (κ1) is 31.7. The van der Waals surface area contributed by atoms with E-state index in [1.54, 1.807) is 55.5 Å². The standard InChI is InChI=1S/C29H32Cl3N3O4S/c1-5-20(3)33-29(37)21(4)34(17-23-24(30)10-8-11-25(23)31)28(36)18-35(27-12-7-6-9-26(27)32)40(38,39)22-15-13-19(2)14-16-22/h6-16,20-21H,5,17-18H2,1-4H3,(H,33,37)/t20-,21-/m0/s1. The van der Waals surface area contributed by atoms with Gasteiger partial charge in [0.2, 0.25) is 11.8 Å². The number of nitrogens with zero attached hydrogens (tertiary/aromatic N) is 2. The number of anilines is 1. The van der Waals surface area contributed by atoms with Gasteiger partial charge in [0.05, 0.1) is 15.6 Å². The van der Waals surface area contributed by atoms with E-state index in [4.69, 9.17) is 34.8 Å². The first-order chi connectivity index (χ1) is 18.9. The summed E-state index contributed by atoms with van der Waals surface area (Å²) in [7, 11) is -4.23. The van der Waals surface area contributed by atoms with Crippen LogP contribution in [0, 0.1) is 6.92 Å². The minimum absolute atomic E-state index is 0.00548. The molecule has 0 aliphatic carbocycles. The topological polar surface area (TPSA) is 86.8 Å². The quantitative estimate of drug-likeness (QED) is 0.265. The van der Waals surface area contributed by atoms with E-state index >= 15 is 0 Å². The second kappa shape index (κ2) is 13.7. The molecule has 0 aliphatic heterocycles. The molecule has 1 N–H and O–H groups in total. The van der Waals surface area contributed by atoms with Crippen LogP contribution in [0.5, 0.6) is 0 Å². The summed E-state index contributed by atoms with van der Waals surface area (Å²) in [6.07, 6.45) is 0.692. The Morgan fingerprint density at radius 2 is 1.45 bits per heavy atom. The van der Waals surface area contributed by atoms with Crippen molar-refractivity contribution in [2.75, 3.05) is 10.8 Å². The molecule has 214 valence electrons. The Kier molecular flexibility index (Phi) is 10.9. The van der Waals surface area contributed by atoms with E-state index in [0.717, 1.165) is 9.87 Å². The summed E-state index contributed by atoms with van der Waals surface area (Å²) in [4.78, 5) is 28.4. The molecule has 0 saturated carbocycles. The molecule has 0 unspecified atom stereocenters. The molecule has 3 aromatic rings. The summed E-state index contributed by atoms with van der Waals surface area (Å²) >= 11 is 19.2. The number of halogens is 3. The van der Waals surface area contributed by atoms with Crippen molar-refractivity contribution in [1.29, 1.82) is 0 Å². The van der Waals surface area contributed by atoms with Crippen molar-refractivity contribution < 1.29 is 18.0 Å². The van der Waals surface area contributed by atoms with Crippen LogP contribution >= 0.6 is 34.8 Å². The number of nitrogens with one attached hydrogen (secondary N) is 1. The fourth-order valence-electron chi connectivity index (χ4n) is 3.91. The highest BCUT2D eigenvalue weighted by Crippen LogP contribution is 2.31. The third-order valence-electron chi connectivity index (χ3n) is 6.57. The lowest BCUT2D eigenvalue weighted by molar-refractivity contribution is -0.139. The molecule has 3 aromatic carbocycles. The van der Waals surface area contributed by atoms with Gasteiger partial charge in [-0.15, -0.1) is 0 Å². The Balaban J connectivity index is 2.08. The lowest BCUT2D eigenvalue weighted by atomic mass is 10.1. The third-order valence-corrected chi connectivity index (χ3v) is 9.37. The maximum Gasteiger partial charge on any atom is 0.264 e. The summed E-state index contributed by atoms with van der Waals surface area (Å²) in [6, 6.07) is 16.5. The van der Waals surface area contributed by atoms with Gasteiger partial charge in [-0.2, -0.15) is 0 Å². The van der Waals surface area contributed by atoms with Crippen molar-refractivity contribution in [2.45, 2.75) is 57.6 Å². The zero-order valence-corrected chi connectivity index (χ0v) is 25.8. The predicted octanol–water partition coefficient (Wildman–Crippen LogP) is 6.48. The second-order valence-electron chi connectivity index (χ2n) is 9.49. The molecule has 2 amide bonds. The van der Waals surface area contributed by atoms with Crippen LogP contribution in [0.4, 0.5) is 5.69 Å². The van der Waals surface area contributed by atoms with Crippen molar-refractivity contribution in [3.05, 3.63) is 92.9 Å². The largest absolute Gasteiger partial charge is 0.352 e. The van der Waals surface area contributed by atoms with Crippen molar-refractivity contribution >= 4 is 62.3 Å². The smallest absolute Gasteiger partial charge is 0.264 e. The number of hydrogen-bond acceptors (Lipinski definition) is 4. The summed E-state index contributed by atoms with van der Waals surface area (Å²) in [5, 5.41) is 3.66. The van der Waals surface area contributed by atoms with Crippen LogP contribution in [0.3, 0.4) is 0 Å². The summed E-state index contributed by atoms with van der Waals surface area (Å²) in [5.74, 6) is -1.03. The molecule has 40 heavy (non-hydrogen) atoms. The number of carbonyl (C=O) groups is 2. The minimum atomic E-state index is -4.23. The van der Waals surface area contributed by atoms with Crippen molar-refractivity contribution in [2.24, 2.45) is 0 Å². The van der Waals surface area contributed by atoms with Crippen LogP contribution in [0.2, 0.25) is 15.1 Å². The van der Waals surface area contributed by atoms with Gasteiger partial charge in [0.15, 0.2) is 0 Å². The van der Waals surface area contributed by atoms with Crippen LogP contribution in [0.1, 0.15) is 38.3 Å². The second-order valence-corrected chi connectivity index (χ2v) is 12.6.